The third-order valence-electron chi connectivity index (χ3n) is 3.24. The van der Waals surface area contributed by atoms with Crippen LogP contribution in [-0.2, 0) is 0 Å². The van der Waals surface area contributed by atoms with Crippen LogP contribution in [0.15, 0.2) is 30.3 Å². The number of rotatable bonds is 2. The lowest BCUT2D eigenvalue weighted by molar-refractivity contribution is 0.316. The lowest BCUT2D eigenvalue weighted by Gasteiger charge is -2.28. The lowest BCUT2D eigenvalue weighted by atomic mass is 9.78. The first-order chi connectivity index (χ1) is 7.52. The van der Waals surface area contributed by atoms with Crippen LogP contribution in [0.25, 0.3) is 10.1 Å². The van der Waals surface area contributed by atoms with Gasteiger partial charge in [0.05, 0.1) is 0 Å². The minimum absolute atomic E-state index is 0.357. The summed E-state index contributed by atoms with van der Waals surface area (Å²) < 4.78 is 1.42. The van der Waals surface area contributed by atoms with Crippen LogP contribution in [0.4, 0.5) is 0 Å². The second-order valence-electron chi connectivity index (χ2n) is 5.51. The SMILES string of the molecule is CCC(c1cc2ccccc2s1)C(C)(C)C. The largest absolute Gasteiger partial charge is 0.140 e. The Morgan fingerprint density at radius 1 is 1.19 bits per heavy atom. The first-order valence-electron chi connectivity index (χ1n) is 6.01. The molecule has 0 amide bonds. The van der Waals surface area contributed by atoms with Crippen molar-refractivity contribution in [3.05, 3.63) is 35.2 Å². The molecule has 16 heavy (non-hydrogen) atoms. The Morgan fingerprint density at radius 2 is 1.88 bits per heavy atom. The molecule has 1 aromatic heterocycles. The summed E-state index contributed by atoms with van der Waals surface area (Å²) in [5.74, 6) is 0.671. The second kappa shape index (κ2) is 4.21. The van der Waals surface area contributed by atoms with Crippen molar-refractivity contribution in [3.63, 3.8) is 0 Å². The van der Waals surface area contributed by atoms with Crippen LogP contribution in [0.5, 0.6) is 0 Å². The molecule has 1 heterocycles. The smallest absolute Gasteiger partial charge is 0.0345 e. The van der Waals surface area contributed by atoms with E-state index in [-0.39, 0.29) is 0 Å². The molecule has 0 aliphatic heterocycles. The molecule has 0 spiro atoms. The zero-order valence-corrected chi connectivity index (χ0v) is 11.4. The van der Waals surface area contributed by atoms with E-state index < -0.39 is 0 Å². The van der Waals surface area contributed by atoms with E-state index >= 15 is 0 Å². The van der Waals surface area contributed by atoms with Gasteiger partial charge in [-0.1, -0.05) is 45.9 Å². The number of thiophene rings is 1. The summed E-state index contributed by atoms with van der Waals surface area (Å²) in [5.41, 5.74) is 0.357. The number of benzene rings is 1. The Bertz CT molecular complexity index is 440. The third kappa shape index (κ3) is 2.15. The van der Waals surface area contributed by atoms with Crippen molar-refractivity contribution < 1.29 is 0 Å². The van der Waals surface area contributed by atoms with Gasteiger partial charge in [0.2, 0.25) is 0 Å². The molecule has 0 aliphatic carbocycles. The summed E-state index contributed by atoms with van der Waals surface area (Å²) in [7, 11) is 0. The molecule has 2 rings (SSSR count). The van der Waals surface area contributed by atoms with Crippen molar-refractivity contribution in [3.8, 4) is 0 Å². The fourth-order valence-electron chi connectivity index (χ4n) is 2.41. The van der Waals surface area contributed by atoms with Gasteiger partial charge in [-0.2, -0.15) is 0 Å². The van der Waals surface area contributed by atoms with Crippen molar-refractivity contribution in [2.24, 2.45) is 5.41 Å². The average Bonchev–Trinajstić information content (AvgIpc) is 2.59. The van der Waals surface area contributed by atoms with E-state index in [1.54, 1.807) is 0 Å². The summed E-state index contributed by atoms with van der Waals surface area (Å²) in [6.45, 7) is 9.31. The molecular formula is C15H20S. The standard InChI is InChI=1S/C15H20S/c1-5-12(15(2,3)4)14-10-11-8-6-7-9-13(11)16-14/h6-10,12H,5H2,1-4H3. The van der Waals surface area contributed by atoms with Crippen LogP contribution in [0, 0.1) is 5.41 Å². The number of hydrogen-bond donors (Lipinski definition) is 0. The van der Waals surface area contributed by atoms with Gasteiger partial charge in [-0.15, -0.1) is 11.3 Å². The van der Waals surface area contributed by atoms with Crippen molar-refractivity contribution in [1.82, 2.24) is 0 Å². The first-order valence-corrected chi connectivity index (χ1v) is 6.82. The molecule has 0 N–H and O–H groups in total. The van der Waals surface area contributed by atoms with Gasteiger partial charge < -0.3 is 0 Å². The highest BCUT2D eigenvalue weighted by atomic mass is 32.1. The maximum absolute atomic E-state index is 2.37. The van der Waals surface area contributed by atoms with Crippen LogP contribution in [0.3, 0.4) is 0 Å². The highest BCUT2D eigenvalue weighted by Crippen LogP contribution is 2.42. The van der Waals surface area contributed by atoms with Gasteiger partial charge in [0, 0.05) is 9.58 Å². The molecule has 0 fully saturated rings. The minimum atomic E-state index is 0.357. The number of fused-ring (bicyclic) bond motifs is 1. The zero-order chi connectivity index (χ0) is 11.8. The van der Waals surface area contributed by atoms with E-state index in [1.165, 1.54) is 21.4 Å². The van der Waals surface area contributed by atoms with Crippen molar-refractivity contribution in [2.75, 3.05) is 0 Å². The van der Waals surface area contributed by atoms with Gasteiger partial charge in [0.1, 0.15) is 0 Å². The lowest BCUT2D eigenvalue weighted by Crippen LogP contribution is -2.16. The van der Waals surface area contributed by atoms with E-state index in [1.807, 2.05) is 11.3 Å². The van der Waals surface area contributed by atoms with E-state index in [2.05, 4.69) is 58.0 Å². The molecular weight excluding hydrogens is 212 g/mol. The second-order valence-corrected chi connectivity index (χ2v) is 6.63. The molecule has 2 aromatic rings. The predicted molar refractivity (Wildman–Crippen MR) is 74.3 cm³/mol. The van der Waals surface area contributed by atoms with Gasteiger partial charge in [-0.3, -0.25) is 0 Å². The van der Waals surface area contributed by atoms with Crippen LogP contribution in [0.2, 0.25) is 0 Å². The van der Waals surface area contributed by atoms with Crippen molar-refractivity contribution in [2.45, 2.75) is 40.0 Å². The van der Waals surface area contributed by atoms with Crippen molar-refractivity contribution in [1.29, 1.82) is 0 Å². The Labute approximate surface area is 102 Å². The monoisotopic (exact) mass is 232 g/mol. The molecule has 86 valence electrons. The molecule has 0 radical (unpaired) electrons. The third-order valence-corrected chi connectivity index (χ3v) is 4.47. The average molecular weight is 232 g/mol. The maximum Gasteiger partial charge on any atom is 0.0345 e. The summed E-state index contributed by atoms with van der Waals surface area (Å²) in [6.07, 6.45) is 1.22. The molecule has 0 aliphatic rings. The van der Waals surface area contributed by atoms with E-state index in [9.17, 15) is 0 Å². The van der Waals surface area contributed by atoms with Gasteiger partial charge in [0.15, 0.2) is 0 Å². The summed E-state index contributed by atoms with van der Waals surface area (Å²) in [5, 5.41) is 1.39. The highest BCUT2D eigenvalue weighted by molar-refractivity contribution is 7.19. The van der Waals surface area contributed by atoms with Crippen LogP contribution in [-0.4, -0.2) is 0 Å². The maximum atomic E-state index is 2.37. The van der Waals surface area contributed by atoms with Gasteiger partial charge in [-0.05, 0) is 35.3 Å². The van der Waals surface area contributed by atoms with Crippen LogP contribution >= 0.6 is 11.3 Å². The van der Waals surface area contributed by atoms with Crippen LogP contribution in [0.1, 0.15) is 44.9 Å². The van der Waals surface area contributed by atoms with E-state index in [4.69, 9.17) is 0 Å². The van der Waals surface area contributed by atoms with Gasteiger partial charge in [0.25, 0.3) is 0 Å². The summed E-state index contributed by atoms with van der Waals surface area (Å²) >= 11 is 1.96. The molecule has 0 nitrogen and oxygen atoms in total. The Hall–Kier alpha value is -0.820. The van der Waals surface area contributed by atoms with Gasteiger partial charge in [-0.25, -0.2) is 0 Å². The molecule has 0 bridgehead atoms. The number of hydrogen-bond acceptors (Lipinski definition) is 1. The summed E-state index contributed by atoms with van der Waals surface area (Å²) in [4.78, 5) is 1.54. The molecule has 1 aromatic carbocycles. The topological polar surface area (TPSA) is 0 Å². The Kier molecular flexibility index (Phi) is 3.07. The Balaban J connectivity index is 2.46. The quantitative estimate of drug-likeness (QED) is 0.646. The minimum Gasteiger partial charge on any atom is -0.140 e. The van der Waals surface area contributed by atoms with Crippen LogP contribution < -0.4 is 0 Å². The molecule has 0 saturated heterocycles. The first kappa shape index (κ1) is 11.7. The molecule has 0 saturated carbocycles. The van der Waals surface area contributed by atoms with Gasteiger partial charge >= 0.3 is 0 Å². The van der Waals surface area contributed by atoms with E-state index in [0.29, 0.717) is 11.3 Å². The van der Waals surface area contributed by atoms with Crippen molar-refractivity contribution >= 4 is 21.4 Å². The molecule has 1 unspecified atom stereocenters. The molecule has 1 heteroatoms. The van der Waals surface area contributed by atoms with E-state index in [0.717, 1.165) is 0 Å². The normalized spacial score (nSPS) is 14.2. The fraction of sp³-hybridized carbons (Fsp3) is 0.467. The highest BCUT2D eigenvalue weighted by Gasteiger charge is 2.25. The molecule has 1 atom stereocenters. The predicted octanol–water partition coefficient (Wildman–Crippen LogP) is 5.44. The zero-order valence-electron chi connectivity index (χ0n) is 10.6. The summed E-state index contributed by atoms with van der Waals surface area (Å²) in [6, 6.07) is 11.1. The fourth-order valence-corrected chi connectivity index (χ4v) is 3.91. The Morgan fingerprint density at radius 3 is 2.44 bits per heavy atom.